The number of hydrogen-bond acceptors (Lipinski definition) is 4. The minimum absolute atomic E-state index is 0.00165. The number of hydrogen-bond donors (Lipinski definition) is 1. The topological polar surface area (TPSA) is 61.9 Å². The molecule has 1 aromatic rings. The lowest BCUT2D eigenvalue weighted by Crippen LogP contribution is -2.46. The van der Waals surface area contributed by atoms with E-state index in [1.807, 2.05) is 24.3 Å². The van der Waals surface area contributed by atoms with Crippen LogP contribution in [0.25, 0.3) is 0 Å². The van der Waals surface area contributed by atoms with E-state index in [2.05, 4.69) is 9.62 Å². The van der Waals surface area contributed by atoms with Crippen molar-refractivity contribution in [3.8, 4) is 5.75 Å². The number of nitrogens with zero attached hydrogens (tertiary/aromatic N) is 2. The molecule has 3 rings (SSSR count). The van der Waals surface area contributed by atoms with Crippen LogP contribution in [0.15, 0.2) is 24.3 Å². The van der Waals surface area contributed by atoms with E-state index >= 15 is 0 Å². The zero-order valence-electron chi connectivity index (χ0n) is 15.0. The molecule has 1 atom stereocenters. The third-order valence-corrected chi connectivity index (χ3v) is 6.77. The molecule has 2 fully saturated rings. The Bertz CT molecular complexity index is 653. The minimum Gasteiger partial charge on any atom is -0.496 e. The molecule has 2 saturated heterocycles. The molecule has 1 unspecified atom stereocenters. The summed E-state index contributed by atoms with van der Waals surface area (Å²) in [6.07, 6.45) is 5.32. The lowest BCUT2D eigenvalue weighted by molar-refractivity contribution is 0.238. The predicted octanol–water partition coefficient (Wildman–Crippen LogP) is 2.15. The predicted molar refractivity (Wildman–Crippen MR) is 98.9 cm³/mol. The minimum atomic E-state index is -3.42. The van der Waals surface area contributed by atoms with Crippen molar-refractivity contribution in [3.63, 3.8) is 0 Å². The van der Waals surface area contributed by atoms with Gasteiger partial charge in [-0.1, -0.05) is 24.6 Å². The maximum atomic E-state index is 12.7. The Kier molecular flexibility index (Phi) is 6.33. The Labute approximate surface area is 151 Å². The van der Waals surface area contributed by atoms with Crippen LogP contribution < -0.4 is 9.46 Å². The van der Waals surface area contributed by atoms with Crippen molar-refractivity contribution >= 4 is 10.2 Å². The fourth-order valence-electron chi connectivity index (χ4n) is 3.81. The zero-order chi connectivity index (χ0) is 17.7. The van der Waals surface area contributed by atoms with Crippen LogP contribution in [-0.2, 0) is 10.2 Å². The van der Waals surface area contributed by atoms with Gasteiger partial charge in [0, 0.05) is 25.2 Å². The van der Waals surface area contributed by atoms with Crippen LogP contribution in [-0.4, -0.2) is 57.5 Å². The normalized spacial score (nSPS) is 21.3. The summed E-state index contributed by atoms with van der Waals surface area (Å²) in [4.78, 5) is 2.36. The summed E-state index contributed by atoms with van der Waals surface area (Å²) in [6.45, 7) is 3.61. The summed E-state index contributed by atoms with van der Waals surface area (Å²) in [7, 11) is -1.76. The fraction of sp³-hybridized carbons (Fsp3) is 0.667. The van der Waals surface area contributed by atoms with Gasteiger partial charge in [-0.25, -0.2) is 4.72 Å². The van der Waals surface area contributed by atoms with E-state index < -0.39 is 10.2 Å². The summed E-state index contributed by atoms with van der Waals surface area (Å²) in [5, 5.41) is 0. The second kappa shape index (κ2) is 8.49. The van der Waals surface area contributed by atoms with Crippen LogP contribution in [0.5, 0.6) is 5.75 Å². The van der Waals surface area contributed by atoms with Crippen LogP contribution in [0.3, 0.4) is 0 Å². The highest BCUT2D eigenvalue weighted by atomic mass is 32.2. The summed E-state index contributed by atoms with van der Waals surface area (Å²) in [5.74, 6) is 0.816. The van der Waals surface area contributed by atoms with Crippen LogP contribution in [0.4, 0.5) is 0 Å². The third-order valence-electron chi connectivity index (χ3n) is 5.19. The van der Waals surface area contributed by atoms with Gasteiger partial charge in [0.25, 0.3) is 10.2 Å². The van der Waals surface area contributed by atoms with Crippen molar-refractivity contribution in [1.82, 2.24) is 13.9 Å². The van der Waals surface area contributed by atoms with Gasteiger partial charge in [-0.3, -0.25) is 4.90 Å². The van der Waals surface area contributed by atoms with Gasteiger partial charge in [-0.15, -0.1) is 0 Å². The maximum absolute atomic E-state index is 12.7. The largest absolute Gasteiger partial charge is 0.496 e. The molecule has 2 aliphatic heterocycles. The Morgan fingerprint density at radius 2 is 1.68 bits per heavy atom. The van der Waals surface area contributed by atoms with Crippen molar-refractivity contribution in [2.75, 3.05) is 39.8 Å². The van der Waals surface area contributed by atoms with Gasteiger partial charge in [0.15, 0.2) is 0 Å². The number of para-hydroxylation sites is 1. The molecule has 0 aromatic heterocycles. The monoisotopic (exact) mass is 367 g/mol. The zero-order valence-corrected chi connectivity index (χ0v) is 15.8. The lowest BCUT2D eigenvalue weighted by Gasteiger charge is -2.31. The van der Waals surface area contributed by atoms with Gasteiger partial charge in [0.05, 0.1) is 13.2 Å². The molecule has 2 aliphatic rings. The number of ether oxygens (including phenoxy) is 1. The van der Waals surface area contributed by atoms with E-state index in [4.69, 9.17) is 4.74 Å². The van der Waals surface area contributed by atoms with E-state index in [9.17, 15) is 8.42 Å². The molecule has 25 heavy (non-hydrogen) atoms. The van der Waals surface area contributed by atoms with Crippen molar-refractivity contribution in [2.24, 2.45) is 0 Å². The number of nitrogens with one attached hydrogen (secondary N) is 1. The number of piperidine rings is 1. The molecule has 140 valence electrons. The molecule has 2 heterocycles. The van der Waals surface area contributed by atoms with Crippen LogP contribution >= 0.6 is 0 Å². The Morgan fingerprint density at radius 3 is 2.36 bits per heavy atom. The summed E-state index contributed by atoms with van der Waals surface area (Å²) < 4.78 is 35.3. The molecule has 0 bridgehead atoms. The van der Waals surface area contributed by atoms with E-state index in [1.54, 1.807) is 11.4 Å². The SMILES string of the molecule is COc1ccccc1C(CNS(=O)(=O)N1CCCCC1)N1CCCC1. The van der Waals surface area contributed by atoms with Gasteiger partial charge in [-0.2, -0.15) is 12.7 Å². The smallest absolute Gasteiger partial charge is 0.279 e. The summed E-state index contributed by atoms with van der Waals surface area (Å²) in [6, 6.07) is 7.91. The van der Waals surface area contributed by atoms with Crippen LogP contribution in [0.2, 0.25) is 0 Å². The van der Waals surface area contributed by atoms with Gasteiger partial charge < -0.3 is 4.74 Å². The van der Waals surface area contributed by atoms with Gasteiger partial charge in [0.1, 0.15) is 5.75 Å². The highest BCUT2D eigenvalue weighted by molar-refractivity contribution is 7.87. The van der Waals surface area contributed by atoms with Crippen molar-refractivity contribution in [1.29, 1.82) is 0 Å². The Morgan fingerprint density at radius 1 is 1.04 bits per heavy atom. The summed E-state index contributed by atoms with van der Waals surface area (Å²) in [5.41, 5.74) is 1.05. The number of likely N-dealkylation sites (tertiary alicyclic amines) is 1. The average Bonchev–Trinajstić information content (AvgIpc) is 3.17. The highest BCUT2D eigenvalue weighted by Crippen LogP contribution is 2.31. The lowest BCUT2D eigenvalue weighted by atomic mass is 10.0. The first kappa shape index (κ1) is 18.6. The highest BCUT2D eigenvalue weighted by Gasteiger charge is 2.29. The maximum Gasteiger partial charge on any atom is 0.279 e. The number of methoxy groups -OCH3 is 1. The van der Waals surface area contributed by atoms with Gasteiger partial charge in [0.2, 0.25) is 0 Å². The molecule has 1 aromatic carbocycles. The molecule has 0 saturated carbocycles. The molecule has 0 amide bonds. The quantitative estimate of drug-likeness (QED) is 0.802. The Hall–Kier alpha value is -1.15. The van der Waals surface area contributed by atoms with E-state index in [0.717, 1.165) is 56.5 Å². The van der Waals surface area contributed by atoms with Crippen molar-refractivity contribution in [2.45, 2.75) is 38.1 Å². The Balaban J connectivity index is 1.76. The first-order valence-corrected chi connectivity index (χ1v) is 10.7. The van der Waals surface area contributed by atoms with E-state index in [-0.39, 0.29) is 6.04 Å². The molecule has 1 N–H and O–H groups in total. The standard InChI is InChI=1S/C18H29N3O3S/c1-24-18-10-4-3-9-16(18)17(20-11-7-8-12-20)15-19-25(22,23)21-13-5-2-6-14-21/h3-4,9-10,17,19H,2,5-8,11-15H2,1H3. The number of benzene rings is 1. The van der Waals surface area contributed by atoms with Crippen molar-refractivity contribution in [3.05, 3.63) is 29.8 Å². The summed E-state index contributed by atoms with van der Waals surface area (Å²) >= 11 is 0. The molecular weight excluding hydrogens is 338 g/mol. The molecule has 6 nitrogen and oxygen atoms in total. The van der Waals surface area contributed by atoms with Crippen LogP contribution in [0.1, 0.15) is 43.7 Å². The molecular formula is C18H29N3O3S. The second-order valence-electron chi connectivity index (χ2n) is 6.81. The first-order chi connectivity index (χ1) is 12.1. The van der Waals surface area contributed by atoms with Crippen molar-refractivity contribution < 1.29 is 13.2 Å². The molecule has 0 spiro atoms. The number of rotatable bonds is 7. The van der Waals surface area contributed by atoms with Crippen LogP contribution in [0, 0.1) is 0 Å². The average molecular weight is 368 g/mol. The molecule has 7 heteroatoms. The molecule has 0 aliphatic carbocycles. The van der Waals surface area contributed by atoms with E-state index in [1.165, 1.54) is 0 Å². The second-order valence-corrected chi connectivity index (χ2v) is 8.57. The van der Waals surface area contributed by atoms with Gasteiger partial charge in [-0.05, 0) is 44.8 Å². The first-order valence-electron chi connectivity index (χ1n) is 9.23. The van der Waals surface area contributed by atoms with E-state index in [0.29, 0.717) is 19.6 Å². The van der Waals surface area contributed by atoms with Gasteiger partial charge >= 0.3 is 0 Å². The third kappa shape index (κ3) is 4.53. The molecule has 0 radical (unpaired) electrons. The fourth-order valence-corrected chi connectivity index (χ4v) is 5.10.